The third-order valence-electron chi connectivity index (χ3n) is 3.10. The van der Waals surface area contributed by atoms with Crippen molar-refractivity contribution in [2.45, 2.75) is 44.8 Å². The number of piperidine rings is 1. The second-order valence-corrected chi connectivity index (χ2v) is 7.80. The smallest absolute Gasteiger partial charge is 0.332 e. The molecular formula is C14H21BrN2O3S. The summed E-state index contributed by atoms with van der Waals surface area (Å²) in [6.45, 7) is 7.11. The monoisotopic (exact) mass is 376 g/mol. The van der Waals surface area contributed by atoms with E-state index in [0.717, 1.165) is 29.0 Å². The summed E-state index contributed by atoms with van der Waals surface area (Å²) in [5, 5.41) is 6.16. The number of hydrogen-bond donors (Lipinski definition) is 1. The first kappa shape index (κ1) is 16.9. The number of esters is 1. The number of aromatic nitrogens is 1. The maximum absolute atomic E-state index is 11.9. The Balaban J connectivity index is 2.05. The highest BCUT2D eigenvalue weighted by atomic mass is 79.9. The number of ether oxygens (including phenoxy) is 2. The molecule has 0 radical (unpaired) electrons. The van der Waals surface area contributed by atoms with Crippen molar-refractivity contribution in [3.63, 3.8) is 0 Å². The van der Waals surface area contributed by atoms with Crippen LogP contribution in [0.5, 0.6) is 0 Å². The first-order valence-electron chi connectivity index (χ1n) is 6.99. The molecule has 1 fully saturated rings. The molecule has 1 aromatic heterocycles. The number of carbonyl (C=O) groups is 1. The Labute approximate surface area is 137 Å². The van der Waals surface area contributed by atoms with E-state index in [4.69, 9.17) is 9.47 Å². The molecule has 0 aliphatic carbocycles. The number of carbonyl (C=O) groups excluding carboxylic acids is 1. The Morgan fingerprint density at radius 3 is 2.86 bits per heavy atom. The summed E-state index contributed by atoms with van der Waals surface area (Å²) >= 11 is 4.92. The minimum Gasteiger partial charge on any atom is -0.458 e. The average Bonchev–Trinajstić information content (AvgIpc) is 2.83. The third kappa shape index (κ3) is 4.74. The first-order chi connectivity index (χ1) is 9.81. The Morgan fingerprint density at radius 2 is 2.33 bits per heavy atom. The third-order valence-corrected chi connectivity index (χ3v) is 4.83. The SMILES string of the molecule is CC(C)(C)OC(=O)COC1(c2nc(Br)cs2)CCCNC1. The molecule has 1 aliphatic heterocycles. The van der Waals surface area contributed by atoms with E-state index in [9.17, 15) is 4.79 Å². The lowest BCUT2D eigenvalue weighted by Crippen LogP contribution is -2.46. The highest BCUT2D eigenvalue weighted by Gasteiger charge is 2.38. The maximum Gasteiger partial charge on any atom is 0.332 e. The van der Waals surface area contributed by atoms with Crippen LogP contribution in [-0.4, -0.2) is 36.3 Å². The summed E-state index contributed by atoms with van der Waals surface area (Å²) in [5.41, 5.74) is -1.03. The zero-order valence-electron chi connectivity index (χ0n) is 12.6. The van der Waals surface area contributed by atoms with E-state index in [-0.39, 0.29) is 12.6 Å². The number of halogens is 1. The van der Waals surface area contributed by atoms with Crippen molar-refractivity contribution in [2.75, 3.05) is 19.7 Å². The van der Waals surface area contributed by atoms with Crippen LogP contribution in [0.15, 0.2) is 9.98 Å². The highest BCUT2D eigenvalue weighted by molar-refractivity contribution is 9.10. The minimum absolute atomic E-state index is 0.0594. The topological polar surface area (TPSA) is 60.5 Å². The second kappa shape index (κ2) is 6.73. The van der Waals surface area contributed by atoms with Crippen molar-refractivity contribution >= 4 is 33.2 Å². The zero-order chi connectivity index (χ0) is 15.5. The summed E-state index contributed by atoms with van der Waals surface area (Å²) in [4.78, 5) is 16.4. The molecule has 1 aliphatic rings. The van der Waals surface area contributed by atoms with Crippen LogP contribution >= 0.6 is 27.3 Å². The van der Waals surface area contributed by atoms with E-state index in [1.54, 1.807) is 11.3 Å². The number of rotatable bonds is 4. The Hall–Kier alpha value is -0.500. The molecule has 1 unspecified atom stereocenters. The van der Waals surface area contributed by atoms with Crippen LogP contribution in [0.2, 0.25) is 0 Å². The molecule has 0 bridgehead atoms. The normalized spacial score (nSPS) is 23.0. The Morgan fingerprint density at radius 1 is 1.57 bits per heavy atom. The number of nitrogens with zero attached hydrogens (tertiary/aromatic N) is 1. The van der Waals surface area contributed by atoms with Gasteiger partial charge in [0.2, 0.25) is 0 Å². The summed E-state index contributed by atoms with van der Waals surface area (Å²) in [5.74, 6) is -0.344. The molecule has 0 amide bonds. The van der Waals surface area contributed by atoms with E-state index in [1.807, 2.05) is 26.2 Å². The summed E-state index contributed by atoms with van der Waals surface area (Å²) < 4.78 is 12.1. The number of thiazole rings is 1. The van der Waals surface area contributed by atoms with Gasteiger partial charge in [-0.15, -0.1) is 11.3 Å². The molecule has 1 atom stereocenters. The van der Waals surface area contributed by atoms with Gasteiger partial charge in [0, 0.05) is 11.9 Å². The molecule has 0 saturated carbocycles. The van der Waals surface area contributed by atoms with Gasteiger partial charge in [-0.3, -0.25) is 0 Å². The predicted octanol–water partition coefficient (Wildman–Crippen LogP) is 2.84. The van der Waals surface area contributed by atoms with Gasteiger partial charge in [-0.05, 0) is 56.1 Å². The molecule has 2 heterocycles. The van der Waals surface area contributed by atoms with Crippen molar-refractivity contribution in [2.24, 2.45) is 0 Å². The summed E-state index contributed by atoms with van der Waals surface area (Å²) in [6, 6.07) is 0. The van der Waals surface area contributed by atoms with Gasteiger partial charge in [0.1, 0.15) is 27.4 Å². The van der Waals surface area contributed by atoms with E-state index < -0.39 is 11.2 Å². The highest BCUT2D eigenvalue weighted by Crippen LogP contribution is 2.35. The van der Waals surface area contributed by atoms with Crippen LogP contribution in [0.1, 0.15) is 38.6 Å². The molecule has 118 valence electrons. The van der Waals surface area contributed by atoms with E-state index in [2.05, 4.69) is 26.2 Å². The van der Waals surface area contributed by atoms with Gasteiger partial charge in [0.05, 0.1) is 0 Å². The van der Waals surface area contributed by atoms with Crippen molar-refractivity contribution in [1.82, 2.24) is 10.3 Å². The molecule has 0 aromatic carbocycles. The lowest BCUT2D eigenvalue weighted by molar-refractivity contribution is -0.169. The van der Waals surface area contributed by atoms with Crippen molar-refractivity contribution in [1.29, 1.82) is 0 Å². The fourth-order valence-electron chi connectivity index (χ4n) is 2.28. The maximum atomic E-state index is 11.9. The minimum atomic E-state index is -0.536. The summed E-state index contributed by atoms with van der Waals surface area (Å²) in [6.07, 6.45) is 1.84. The van der Waals surface area contributed by atoms with E-state index in [0.29, 0.717) is 6.54 Å². The van der Waals surface area contributed by atoms with E-state index >= 15 is 0 Å². The second-order valence-electron chi connectivity index (χ2n) is 6.13. The van der Waals surface area contributed by atoms with E-state index in [1.165, 1.54) is 0 Å². The summed E-state index contributed by atoms with van der Waals surface area (Å²) in [7, 11) is 0. The van der Waals surface area contributed by atoms with Gasteiger partial charge in [-0.25, -0.2) is 9.78 Å². The van der Waals surface area contributed by atoms with Crippen LogP contribution in [0.4, 0.5) is 0 Å². The number of nitrogens with one attached hydrogen (secondary N) is 1. The van der Waals surface area contributed by atoms with Crippen LogP contribution in [0.25, 0.3) is 0 Å². The predicted molar refractivity (Wildman–Crippen MR) is 85.4 cm³/mol. The molecule has 2 rings (SSSR count). The molecule has 7 heteroatoms. The Kier molecular flexibility index (Phi) is 5.40. The Bertz CT molecular complexity index is 493. The number of hydrogen-bond acceptors (Lipinski definition) is 6. The zero-order valence-corrected chi connectivity index (χ0v) is 15.0. The van der Waals surface area contributed by atoms with Crippen LogP contribution < -0.4 is 5.32 Å². The van der Waals surface area contributed by atoms with Crippen molar-refractivity contribution in [3.8, 4) is 0 Å². The van der Waals surface area contributed by atoms with Gasteiger partial charge >= 0.3 is 5.97 Å². The van der Waals surface area contributed by atoms with Gasteiger partial charge < -0.3 is 14.8 Å². The lowest BCUT2D eigenvalue weighted by Gasteiger charge is -2.35. The fraction of sp³-hybridized carbons (Fsp3) is 0.714. The van der Waals surface area contributed by atoms with Crippen LogP contribution in [-0.2, 0) is 19.9 Å². The van der Waals surface area contributed by atoms with Gasteiger partial charge in [-0.1, -0.05) is 0 Å². The van der Waals surface area contributed by atoms with Crippen LogP contribution in [0.3, 0.4) is 0 Å². The van der Waals surface area contributed by atoms with Gasteiger partial charge in [-0.2, -0.15) is 0 Å². The fourth-order valence-corrected chi connectivity index (χ4v) is 3.71. The van der Waals surface area contributed by atoms with Crippen molar-refractivity contribution in [3.05, 3.63) is 15.0 Å². The van der Waals surface area contributed by atoms with Gasteiger partial charge in [0.25, 0.3) is 0 Å². The average molecular weight is 377 g/mol. The lowest BCUT2D eigenvalue weighted by atomic mass is 9.94. The van der Waals surface area contributed by atoms with Crippen molar-refractivity contribution < 1.29 is 14.3 Å². The quantitative estimate of drug-likeness (QED) is 0.818. The molecule has 1 saturated heterocycles. The molecule has 0 spiro atoms. The van der Waals surface area contributed by atoms with Crippen LogP contribution in [0, 0.1) is 0 Å². The molecule has 1 aromatic rings. The molecule has 1 N–H and O–H groups in total. The first-order valence-corrected chi connectivity index (χ1v) is 8.66. The standard InChI is InChI=1S/C14H21BrN2O3S/c1-13(2,3)20-11(18)7-19-14(5-4-6-16-9-14)12-17-10(15)8-21-12/h8,16H,4-7,9H2,1-3H3. The van der Waals surface area contributed by atoms with Gasteiger partial charge in [0.15, 0.2) is 0 Å². The molecular weight excluding hydrogens is 356 g/mol. The molecule has 21 heavy (non-hydrogen) atoms. The largest absolute Gasteiger partial charge is 0.458 e. The molecule has 5 nitrogen and oxygen atoms in total.